The van der Waals surface area contributed by atoms with Crippen molar-refractivity contribution in [2.75, 3.05) is 19.6 Å². The summed E-state index contributed by atoms with van der Waals surface area (Å²) in [5, 5.41) is 13.6. The number of rotatable bonds is 9. The molecule has 7 rings (SSSR count). The largest absolute Gasteiger partial charge is 0.355 e. The highest BCUT2D eigenvalue weighted by Gasteiger charge is 2.31. The van der Waals surface area contributed by atoms with Crippen molar-refractivity contribution < 1.29 is 14.5 Å². The lowest BCUT2D eigenvalue weighted by molar-refractivity contribution is 0.222. The molecule has 0 unspecified atom stereocenters. The van der Waals surface area contributed by atoms with Crippen LogP contribution in [-0.2, 0) is 0 Å². The normalized spacial score (nSPS) is 26.9. The molecule has 0 aromatic carbocycles. The van der Waals surface area contributed by atoms with Gasteiger partial charge in [0.2, 0.25) is 0 Å². The average Bonchev–Trinajstić information content (AvgIpc) is 3.88. The minimum atomic E-state index is 0.0320. The maximum Gasteiger partial charge on any atom is 0.355 e. The molecular formula is C33H51N9O3. The van der Waals surface area contributed by atoms with Gasteiger partial charge in [-0.2, -0.15) is 0 Å². The second-order valence-electron chi connectivity index (χ2n) is 13.7. The number of nitrogens with zero attached hydrogens (tertiary/aromatic N) is 9. The average molecular weight is 622 g/mol. The van der Waals surface area contributed by atoms with E-state index < -0.39 is 0 Å². The van der Waals surface area contributed by atoms with E-state index in [9.17, 15) is 0 Å². The van der Waals surface area contributed by atoms with Crippen molar-refractivity contribution in [3.8, 4) is 18.0 Å². The highest BCUT2D eigenvalue weighted by Crippen LogP contribution is 2.30. The fourth-order valence-corrected chi connectivity index (χ4v) is 8.42. The molecule has 6 fully saturated rings. The van der Waals surface area contributed by atoms with Crippen molar-refractivity contribution in [1.29, 1.82) is 0 Å². The second kappa shape index (κ2) is 14.9. The Bertz CT molecular complexity index is 1060. The van der Waals surface area contributed by atoms with Crippen LogP contribution in [0.2, 0.25) is 0 Å². The summed E-state index contributed by atoms with van der Waals surface area (Å²) in [6.07, 6.45) is 24.9. The zero-order chi connectivity index (χ0) is 30.3. The van der Waals surface area contributed by atoms with Crippen molar-refractivity contribution in [2.45, 2.75) is 153 Å². The second-order valence-corrected chi connectivity index (χ2v) is 13.7. The summed E-state index contributed by atoms with van der Waals surface area (Å²) >= 11 is 0. The molecule has 0 radical (unpaired) electrons. The fourth-order valence-electron chi connectivity index (χ4n) is 8.42. The van der Waals surface area contributed by atoms with Gasteiger partial charge in [0, 0.05) is 57.0 Å². The lowest BCUT2D eigenvalue weighted by atomic mass is 9.94. The van der Waals surface area contributed by atoms with Crippen LogP contribution in [0.15, 0.2) is 15.5 Å². The fraction of sp³-hybridized carbons (Fsp3) is 0.818. The molecule has 45 heavy (non-hydrogen) atoms. The summed E-state index contributed by atoms with van der Waals surface area (Å²) in [7, 11) is 0. The third-order valence-electron chi connectivity index (χ3n) is 10.7. The molecule has 3 saturated heterocycles. The SMILES string of the molecule is C1CCC(N2CCCC2=NOc2nc(O/N=C3/CCCN3C3CCCCC3)nc(O/N=C3\CCCN3C3CCCCC3)n2)CC1. The predicted molar refractivity (Wildman–Crippen MR) is 172 cm³/mol. The van der Waals surface area contributed by atoms with Crippen LogP contribution in [0.1, 0.15) is 135 Å². The standard InChI is InChI=1S/C33H51N9O3/c1-4-13-25(14-5-1)40-22-10-19-28(40)37-43-31-34-32(44-38-29-20-11-23-41(29)26-15-6-2-7-16-26)36-33(35-31)45-39-30-21-12-24-42(30)27-17-8-3-9-18-27/h25-27H,1-24H2/b37-28-,38-29+,39-30?. The molecule has 1 aromatic rings. The number of oxime groups is 3. The Morgan fingerprint density at radius 1 is 0.400 bits per heavy atom. The highest BCUT2D eigenvalue weighted by atomic mass is 16.7. The highest BCUT2D eigenvalue weighted by molar-refractivity contribution is 5.85. The number of amidine groups is 3. The molecule has 0 amide bonds. The molecule has 3 aliphatic carbocycles. The summed E-state index contributed by atoms with van der Waals surface area (Å²) in [5.41, 5.74) is 0. The third kappa shape index (κ3) is 7.62. The minimum absolute atomic E-state index is 0.0320. The first-order valence-electron chi connectivity index (χ1n) is 18.1. The maximum absolute atomic E-state index is 5.87. The van der Waals surface area contributed by atoms with E-state index in [0.29, 0.717) is 18.1 Å². The molecule has 6 aliphatic rings. The summed E-state index contributed by atoms with van der Waals surface area (Å²) in [6.45, 7) is 3.07. The van der Waals surface area contributed by atoms with Crippen LogP contribution >= 0.6 is 0 Å². The van der Waals surface area contributed by atoms with E-state index >= 15 is 0 Å². The van der Waals surface area contributed by atoms with E-state index in [-0.39, 0.29) is 18.0 Å². The Labute approximate surface area is 267 Å². The van der Waals surface area contributed by atoms with E-state index in [1.807, 2.05) is 0 Å². The molecule has 12 heteroatoms. The predicted octanol–water partition coefficient (Wildman–Crippen LogP) is 6.23. The molecular weight excluding hydrogens is 570 g/mol. The summed E-state index contributed by atoms with van der Waals surface area (Å²) in [4.78, 5) is 38.2. The molecule has 246 valence electrons. The van der Waals surface area contributed by atoms with Crippen molar-refractivity contribution in [1.82, 2.24) is 29.7 Å². The number of aromatic nitrogens is 3. The van der Waals surface area contributed by atoms with Gasteiger partial charge < -0.3 is 29.2 Å². The summed E-state index contributed by atoms with van der Waals surface area (Å²) < 4.78 is 0. The Morgan fingerprint density at radius 3 is 0.978 bits per heavy atom. The molecule has 1 aromatic heterocycles. The molecule has 12 nitrogen and oxygen atoms in total. The first kappa shape index (κ1) is 30.5. The van der Waals surface area contributed by atoms with Crippen molar-refractivity contribution in [2.24, 2.45) is 15.5 Å². The van der Waals surface area contributed by atoms with Crippen LogP contribution in [0, 0.1) is 0 Å². The molecule has 3 saturated carbocycles. The van der Waals surface area contributed by atoms with Crippen LogP contribution in [0.5, 0.6) is 18.0 Å². The van der Waals surface area contributed by atoms with Gasteiger partial charge >= 0.3 is 18.0 Å². The Hall–Kier alpha value is -3.18. The monoisotopic (exact) mass is 621 g/mol. The topological polar surface area (TPSA) is 113 Å². The van der Waals surface area contributed by atoms with Crippen LogP contribution in [0.25, 0.3) is 0 Å². The van der Waals surface area contributed by atoms with Gasteiger partial charge in [0.05, 0.1) is 0 Å². The number of hydrogen-bond acceptors (Lipinski definition) is 9. The number of likely N-dealkylation sites (tertiary alicyclic amines) is 3. The minimum Gasteiger partial charge on any atom is -0.354 e. The van der Waals surface area contributed by atoms with Crippen molar-refractivity contribution >= 4 is 17.5 Å². The maximum atomic E-state index is 5.87. The van der Waals surface area contributed by atoms with Gasteiger partial charge in [0.25, 0.3) is 0 Å². The van der Waals surface area contributed by atoms with Crippen LogP contribution < -0.4 is 14.5 Å². The summed E-state index contributed by atoms with van der Waals surface area (Å²) in [5.74, 6) is 2.91. The Morgan fingerprint density at radius 2 is 0.689 bits per heavy atom. The van der Waals surface area contributed by atoms with Gasteiger partial charge in [-0.1, -0.05) is 73.3 Å². The Kier molecular flexibility index (Phi) is 10.1. The zero-order valence-corrected chi connectivity index (χ0v) is 27.0. The zero-order valence-electron chi connectivity index (χ0n) is 27.0. The quantitative estimate of drug-likeness (QED) is 0.296. The smallest absolute Gasteiger partial charge is 0.354 e. The van der Waals surface area contributed by atoms with Crippen LogP contribution in [0.4, 0.5) is 0 Å². The van der Waals surface area contributed by atoms with Crippen molar-refractivity contribution in [3.63, 3.8) is 0 Å². The van der Waals surface area contributed by atoms with Gasteiger partial charge in [-0.3, -0.25) is 0 Å². The third-order valence-corrected chi connectivity index (χ3v) is 10.7. The number of hydrogen-bond donors (Lipinski definition) is 0. The molecule has 0 bridgehead atoms. The van der Waals surface area contributed by atoms with Crippen LogP contribution in [0.3, 0.4) is 0 Å². The molecule has 4 heterocycles. The molecule has 0 atom stereocenters. The van der Waals surface area contributed by atoms with E-state index in [4.69, 9.17) is 14.5 Å². The lowest BCUT2D eigenvalue weighted by Crippen LogP contribution is -2.38. The van der Waals surface area contributed by atoms with Gasteiger partial charge in [-0.25, -0.2) is 0 Å². The van der Waals surface area contributed by atoms with E-state index in [1.165, 1.54) is 96.3 Å². The van der Waals surface area contributed by atoms with Gasteiger partial charge in [0.15, 0.2) is 0 Å². The molecule has 0 N–H and O–H groups in total. The summed E-state index contributed by atoms with van der Waals surface area (Å²) in [6, 6.07) is 1.73. The van der Waals surface area contributed by atoms with Gasteiger partial charge in [-0.15, -0.1) is 15.0 Å². The van der Waals surface area contributed by atoms with Crippen molar-refractivity contribution in [3.05, 3.63) is 0 Å². The first-order valence-corrected chi connectivity index (χ1v) is 18.1. The van der Waals surface area contributed by atoms with Gasteiger partial charge in [0.1, 0.15) is 17.5 Å². The molecule has 0 spiro atoms. The lowest BCUT2D eigenvalue weighted by Gasteiger charge is -2.32. The van der Waals surface area contributed by atoms with E-state index in [1.54, 1.807) is 0 Å². The molecule has 3 aliphatic heterocycles. The first-order chi connectivity index (χ1) is 22.3. The van der Waals surface area contributed by atoms with E-state index in [0.717, 1.165) is 75.7 Å². The Balaban J connectivity index is 1.09. The van der Waals surface area contributed by atoms with Gasteiger partial charge in [-0.05, 0) is 57.8 Å². The van der Waals surface area contributed by atoms with E-state index in [2.05, 4.69) is 45.1 Å². The van der Waals surface area contributed by atoms with Crippen LogP contribution in [-0.4, -0.2) is 84.9 Å².